The van der Waals surface area contributed by atoms with Gasteiger partial charge in [-0.3, -0.25) is 4.98 Å². The summed E-state index contributed by atoms with van der Waals surface area (Å²) in [4.78, 5) is 8.09. The molecule has 0 aliphatic carbocycles. The van der Waals surface area contributed by atoms with Gasteiger partial charge in [-0.05, 0) is 36.2 Å². The molecule has 0 saturated carbocycles. The molecule has 1 atom stereocenters. The van der Waals surface area contributed by atoms with Gasteiger partial charge in [0.05, 0.1) is 11.9 Å². The summed E-state index contributed by atoms with van der Waals surface area (Å²) in [5.74, 6) is 0.545. The molecule has 3 aromatic heterocycles. The number of rotatable bonds is 5. The molecule has 0 saturated heterocycles. The van der Waals surface area contributed by atoms with E-state index in [0.29, 0.717) is 5.82 Å². The number of pyridine rings is 1. The molecule has 0 radical (unpaired) electrons. The number of anilines is 2. The predicted octanol–water partition coefficient (Wildman–Crippen LogP) is 2.48. The monoisotopic (exact) mass is 300 g/mol. The fourth-order valence-corrected chi connectivity index (χ4v) is 3.03. The molecule has 3 rings (SSSR count). The zero-order valence-electron chi connectivity index (χ0n) is 11.6. The second-order valence-corrected chi connectivity index (χ2v) is 5.59. The van der Waals surface area contributed by atoms with Crippen LogP contribution in [0.5, 0.6) is 0 Å². The molecule has 3 N–H and O–H groups in total. The van der Waals surface area contributed by atoms with E-state index in [0.717, 1.165) is 22.7 Å². The van der Waals surface area contributed by atoms with Crippen molar-refractivity contribution in [1.82, 2.24) is 18.9 Å². The van der Waals surface area contributed by atoms with Gasteiger partial charge in [-0.15, -0.1) is 0 Å². The van der Waals surface area contributed by atoms with Crippen LogP contribution in [0, 0.1) is 0 Å². The molecular formula is C14H16N6S. The zero-order valence-corrected chi connectivity index (χ0v) is 12.4. The summed E-state index contributed by atoms with van der Waals surface area (Å²) < 4.78 is 6.30. The Morgan fingerprint density at radius 3 is 2.81 bits per heavy atom. The topological polar surface area (TPSA) is 81.7 Å². The highest BCUT2D eigenvalue weighted by molar-refractivity contribution is 7.11. The van der Waals surface area contributed by atoms with Gasteiger partial charge in [0, 0.05) is 37.4 Å². The first-order valence-corrected chi connectivity index (χ1v) is 7.39. The van der Waals surface area contributed by atoms with Crippen molar-refractivity contribution >= 4 is 22.4 Å². The maximum absolute atomic E-state index is 6.01. The minimum Gasteiger partial charge on any atom is -0.382 e. The Morgan fingerprint density at radius 2 is 2.10 bits per heavy atom. The van der Waals surface area contributed by atoms with Gasteiger partial charge < -0.3 is 15.6 Å². The molecular weight excluding hydrogens is 284 g/mol. The highest BCUT2D eigenvalue weighted by Crippen LogP contribution is 2.36. The third-order valence-corrected chi connectivity index (χ3v) is 3.90. The lowest BCUT2D eigenvalue weighted by Crippen LogP contribution is -2.21. The molecule has 21 heavy (non-hydrogen) atoms. The lowest BCUT2D eigenvalue weighted by molar-refractivity contribution is 0.620. The van der Waals surface area contributed by atoms with E-state index in [-0.39, 0.29) is 6.04 Å². The number of hydrogen-bond acceptors (Lipinski definition) is 6. The van der Waals surface area contributed by atoms with Crippen LogP contribution in [-0.2, 0) is 6.54 Å². The molecule has 0 aromatic carbocycles. The molecule has 1 unspecified atom stereocenters. The molecule has 0 spiro atoms. The van der Waals surface area contributed by atoms with Crippen molar-refractivity contribution in [3.8, 4) is 11.1 Å². The minimum absolute atomic E-state index is 0.236. The first-order valence-electron chi connectivity index (χ1n) is 6.62. The molecule has 0 bridgehead atoms. The summed E-state index contributed by atoms with van der Waals surface area (Å²) in [6.45, 7) is 2.94. The maximum atomic E-state index is 6.01. The van der Waals surface area contributed by atoms with Gasteiger partial charge in [0.2, 0.25) is 0 Å². The number of nitrogens with zero attached hydrogens (tertiary/aromatic N) is 4. The first kappa shape index (κ1) is 13.6. The van der Waals surface area contributed by atoms with E-state index in [4.69, 9.17) is 5.73 Å². The number of aromatic nitrogens is 4. The van der Waals surface area contributed by atoms with E-state index < -0.39 is 0 Å². The van der Waals surface area contributed by atoms with Crippen LogP contribution in [0.2, 0.25) is 0 Å². The smallest absolute Gasteiger partial charge is 0.147 e. The van der Waals surface area contributed by atoms with E-state index in [1.54, 1.807) is 18.6 Å². The van der Waals surface area contributed by atoms with Gasteiger partial charge in [0.15, 0.2) is 0 Å². The predicted molar refractivity (Wildman–Crippen MR) is 85.1 cm³/mol. The Labute approximate surface area is 126 Å². The quantitative estimate of drug-likeness (QED) is 0.756. The van der Waals surface area contributed by atoms with Gasteiger partial charge in [-0.25, -0.2) is 4.98 Å². The van der Waals surface area contributed by atoms with E-state index in [1.165, 1.54) is 11.5 Å². The second kappa shape index (κ2) is 5.92. The van der Waals surface area contributed by atoms with Crippen LogP contribution in [0.1, 0.15) is 6.92 Å². The highest BCUT2D eigenvalue weighted by Gasteiger charge is 2.15. The second-order valence-electron chi connectivity index (χ2n) is 4.81. The van der Waals surface area contributed by atoms with E-state index in [9.17, 15) is 0 Å². The fraction of sp³-hybridized carbons (Fsp3) is 0.214. The standard InChI is InChI=1S/C14H16N6S/c1-10(8-20-7-6-17-9-20)18-14-12(13(15)19-21-14)11-2-4-16-5-3-11/h2-7,9-10,18H,8H2,1H3,(H2,15,19). The van der Waals surface area contributed by atoms with Crippen molar-refractivity contribution in [2.75, 3.05) is 11.1 Å². The molecule has 3 aromatic rings. The Bertz CT molecular complexity index is 692. The molecule has 6 nitrogen and oxygen atoms in total. The van der Waals surface area contributed by atoms with Crippen LogP contribution in [0.3, 0.4) is 0 Å². The Balaban J connectivity index is 1.80. The lowest BCUT2D eigenvalue weighted by atomic mass is 10.1. The van der Waals surface area contributed by atoms with Crippen LogP contribution >= 0.6 is 11.5 Å². The van der Waals surface area contributed by atoms with Crippen molar-refractivity contribution < 1.29 is 0 Å². The van der Waals surface area contributed by atoms with Crippen LogP contribution < -0.4 is 11.1 Å². The van der Waals surface area contributed by atoms with Gasteiger partial charge >= 0.3 is 0 Å². The largest absolute Gasteiger partial charge is 0.382 e. The number of nitrogens with two attached hydrogens (primary N) is 1. The van der Waals surface area contributed by atoms with Crippen LogP contribution in [-0.4, -0.2) is 25.0 Å². The average Bonchev–Trinajstić information content (AvgIpc) is 3.10. The number of hydrogen-bond donors (Lipinski definition) is 2. The van der Waals surface area contributed by atoms with Gasteiger partial charge in [0.1, 0.15) is 10.8 Å². The fourth-order valence-electron chi connectivity index (χ4n) is 2.18. The third-order valence-electron chi connectivity index (χ3n) is 3.11. The average molecular weight is 300 g/mol. The van der Waals surface area contributed by atoms with Crippen LogP contribution in [0.15, 0.2) is 43.2 Å². The first-order chi connectivity index (χ1) is 10.2. The SMILES string of the molecule is CC(Cn1ccnc1)Nc1snc(N)c1-c1ccncc1. The number of nitrogen functional groups attached to an aromatic ring is 1. The minimum atomic E-state index is 0.236. The molecule has 0 aliphatic rings. The molecule has 7 heteroatoms. The van der Waals surface area contributed by atoms with Crippen molar-refractivity contribution in [2.45, 2.75) is 19.5 Å². The van der Waals surface area contributed by atoms with Crippen LogP contribution in [0.4, 0.5) is 10.8 Å². The molecule has 3 heterocycles. The molecule has 0 amide bonds. The summed E-state index contributed by atoms with van der Waals surface area (Å²) in [6.07, 6.45) is 9.04. The van der Waals surface area contributed by atoms with E-state index in [1.807, 2.05) is 29.2 Å². The van der Waals surface area contributed by atoms with Gasteiger partial charge in [0.25, 0.3) is 0 Å². The van der Waals surface area contributed by atoms with Crippen molar-refractivity contribution in [1.29, 1.82) is 0 Å². The normalized spacial score (nSPS) is 12.2. The number of nitrogens with one attached hydrogen (secondary N) is 1. The van der Waals surface area contributed by atoms with Gasteiger partial charge in [-0.2, -0.15) is 4.37 Å². The zero-order chi connectivity index (χ0) is 14.7. The van der Waals surface area contributed by atoms with E-state index >= 15 is 0 Å². The lowest BCUT2D eigenvalue weighted by Gasteiger charge is -2.15. The summed E-state index contributed by atoms with van der Waals surface area (Å²) in [5.41, 5.74) is 7.98. The van der Waals surface area contributed by atoms with Gasteiger partial charge in [-0.1, -0.05) is 0 Å². The highest BCUT2D eigenvalue weighted by atomic mass is 32.1. The van der Waals surface area contributed by atoms with Crippen LogP contribution in [0.25, 0.3) is 11.1 Å². The molecule has 0 aliphatic heterocycles. The molecule has 108 valence electrons. The summed E-state index contributed by atoms with van der Waals surface area (Å²) in [7, 11) is 0. The Morgan fingerprint density at radius 1 is 1.29 bits per heavy atom. The third kappa shape index (κ3) is 3.03. The van der Waals surface area contributed by atoms with Crippen molar-refractivity contribution in [3.05, 3.63) is 43.2 Å². The summed E-state index contributed by atoms with van der Waals surface area (Å²) in [6, 6.07) is 4.11. The van der Waals surface area contributed by atoms with Crippen molar-refractivity contribution in [2.24, 2.45) is 0 Å². The molecule has 0 fully saturated rings. The summed E-state index contributed by atoms with van der Waals surface area (Å²) >= 11 is 1.38. The Kier molecular flexibility index (Phi) is 3.83. The van der Waals surface area contributed by atoms with Crippen molar-refractivity contribution in [3.63, 3.8) is 0 Å². The summed E-state index contributed by atoms with van der Waals surface area (Å²) in [5, 5.41) is 4.45. The van der Waals surface area contributed by atoms with E-state index in [2.05, 4.69) is 26.6 Å². The Hall–Kier alpha value is -2.41. The maximum Gasteiger partial charge on any atom is 0.147 e. The number of imidazole rings is 1.